The number of hydrogen-bond acceptors (Lipinski definition) is 2. The molecule has 2 rings (SSSR count). The third-order valence-corrected chi connectivity index (χ3v) is 1.92. The minimum atomic E-state index is 0.410. The topological polar surface area (TPSA) is 25.8 Å². The van der Waals surface area contributed by atoms with Gasteiger partial charge in [0.1, 0.15) is 7.85 Å². The summed E-state index contributed by atoms with van der Waals surface area (Å²) in [6, 6.07) is 5.44. The van der Waals surface area contributed by atoms with Crippen molar-refractivity contribution in [2.24, 2.45) is 0 Å². The van der Waals surface area contributed by atoms with Gasteiger partial charge in [-0.15, -0.1) is 5.10 Å². The van der Waals surface area contributed by atoms with Gasteiger partial charge in [-0.1, -0.05) is 35.3 Å². The molecule has 0 saturated heterocycles. The van der Waals surface area contributed by atoms with E-state index in [0.29, 0.717) is 10.6 Å². The Labute approximate surface area is 76.0 Å². The molecule has 0 aliphatic rings. The summed E-state index contributed by atoms with van der Waals surface area (Å²) in [6.07, 6.45) is 1.64. The summed E-state index contributed by atoms with van der Waals surface area (Å²) in [4.78, 5) is 0. The van der Waals surface area contributed by atoms with Crippen molar-refractivity contribution < 1.29 is 0 Å². The first-order valence-corrected chi connectivity index (χ1v) is 3.81. The molecule has 0 aliphatic carbocycles. The molecule has 0 spiro atoms. The Kier molecular flexibility index (Phi) is 1.73. The van der Waals surface area contributed by atoms with Gasteiger partial charge in [0.15, 0.2) is 5.15 Å². The smallest absolute Gasteiger partial charge is 0.157 e. The van der Waals surface area contributed by atoms with Crippen LogP contribution in [0.4, 0.5) is 0 Å². The molecule has 0 saturated carbocycles. The summed E-state index contributed by atoms with van der Waals surface area (Å²) < 4.78 is 0. The fourth-order valence-corrected chi connectivity index (χ4v) is 1.29. The van der Waals surface area contributed by atoms with Crippen LogP contribution >= 0.6 is 11.6 Å². The van der Waals surface area contributed by atoms with Gasteiger partial charge in [0.25, 0.3) is 0 Å². The van der Waals surface area contributed by atoms with Crippen molar-refractivity contribution in [3.63, 3.8) is 0 Å². The number of benzene rings is 1. The lowest BCUT2D eigenvalue weighted by Gasteiger charge is -1.98. The van der Waals surface area contributed by atoms with E-state index in [9.17, 15) is 0 Å². The third kappa shape index (κ3) is 1.16. The fourth-order valence-electron chi connectivity index (χ4n) is 1.07. The molecule has 0 unspecified atom stereocenters. The van der Waals surface area contributed by atoms with E-state index in [1.54, 1.807) is 12.3 Å². The lowest BCUT2D eigenvalue weighted by atomic mass is 9.94. The van der Waals surface area contributed by atoms with Gasteiger partial charge in [0, 0.05) is 10.8 Å². The number of hydrogen-bond donors (Lipinski definition) is 0. The van der Waals surface area contributed by atoms with Crippen molar-refractivity contribution in [1.82, 2.24) is 10.2 Å². The van der Waals surface area contributed by atoms with Gasteiger partial charge >= 0.3 is 0 Å². The van der Waals surface area contributed by atoms with Gasteiger partial charge in [-0.05, 0) is 0 Å². The molecule has 1 aromatic heterocycles. The Morgan fingerprint density at radius 3 is 3.00 bits per heavy atom. The molecule has 0 atom stereocenters. The zero-order chi connectivity index (χ0) is 8.55. The zero-order valence-electron chi connectivity index (χ0n) is 6.16. The van der Waals surface area contributed by atoms with E-state index in [1.165, 1.54) is 0 Å². The first-order valence-electron chi connectivity index (χ1n) is 3.44. The van der Waals surface area contributed by atoms with Crippen LogP contribution < -0.4 is 5.46 Å². The lowest BCUT2D eigenvalue weighted by Crippen LogP contribution is -2.00. The minimum Gasteiger partial charge on any atom is -0.157 e. The van der Waals surface area contributed by atoms with Crippen LogP contribution in [0.5, 0.6) is 0 Å². The van der Waals surface area contributed by atoms with E-state index >= 15 is 0 Å². The van der Waals surface area contributed by atoms with Crippen molar-refractivity contribution in [3.8, 4) is 0 Å². The molecule has 56 valence electrons. The Morgan fingerprint density at radius 1 is 1.33 bits per heavy atom. The predicted octanol–water partition coefficient (Wildman–Crippen LogP) is 1.08. The van der Waals surface area contributed by atoms with Crippen LogP contribution in [-0.4, -0.2) is 18.0 Å². The Bertz CT molecular complexity index is 430. The molecule has 12 heavy (non-hydrogen) atoms. The maximum absolute atomic E-state index is 5.79. The van der Waals surface area contributed by atoms with Crippen molar-refractivity contribution in [3.05, 3.63) is 29.5 Å². The van der Waals surface area contributed by atoms with Crippen molar-refractivity contribution in [2.75, 3.05) is 0 Å². The molecule has 2 nitrogen and oxygen atoms in total. The molecule has 0 bridgehead atoms. The molecule has 0 N–H and O–H groups in total. The number of rotatable bonds is 0. The molecular weight excluding hydrogens is 170 g/mol. The summed E-state index contributed by atoms with van der Waals surface area (Å²) in [7, 11) is 5.58. The maximum Gasteiger partial charge on any atom is 0.159 e. The van der Waals surface area contributed by atoms with Crippen molar-refractivity contribution >= 4 is 35.7 Å². The van der Waals surface area contributed by atoms with Crippen LogP contribution in [0.3, 0.4) is 0 Å². The molecule has 4 heteroatoms. The first kappa shape index (κ1) is 7.56. The third-order valence-electron chi connectivity index (χ3n) is 1.64. The number of nitrogens with zero attached hydrogens (tertiary/aromatic N) is 2. The summed E-state index contributed by atoms with van der Waals surface area (Å²) in [6.45, 7) is 0. The Balaban J connectivity index is 2.86. The van der Waals surface area contributed by atoms with Crippen LogP contribution in [-0.2, 0) is 0 Å². The molecule has 1 aromatic carbocycles. The average molecular weight is 174 g/mol. The van der Waals surface area contributed by atoms with Gasteiger partial charge in [-0.3, -0.25) is 0 Å². The van der Waals surface area contributed by atoms with Gasteiger partial charge in [-0.25, -0.2) is 0 Å². The zero-order valence-corrected chi connectivity index (χ0v) is 6.92. The highest BCUT2D eigenvalue weighted by Gasteiger charge is 1.98. The molecular formula is C8H4BClN2. The molecule has 2 aromatic rings. The quantitative estimate of drug-likeness (QED) is 0.559. The molecule has 0 amide bonds. The second-order valence-electron chi connectivity index (χ2n) is 2.48. The normalized spacial score (nSPS) is 10.4. The fraction of sp³-hybridized carbons (Fsp3) is 0. The van der Waals surface area contributed by atoms with E-state index in [4.69, 9.17) is 19.4 Å². The molecule has 0 fully saturated rings. The molecule has 2 radical (unpaired) electrons. The minimum absolute atomic E-state index is 0.410. The van der Waals surface area contributed by atoms with E-state index in [0.717, 1.165) is 10.8 Å². The summed E-state index contributed by atoms with van der Waals surface area (Å²) in [5.41, 5.74) is 0.701. The van der Waals surface area contributed by atoms with Crippen LogP contribution in [0.25, 0.3) is 10.8 Å². The summed E-state index contributed by atoms with van der Waals surface area (Å²) in [5, 5.41) is 9.63. The number of fused-ring (bicyclic) bond motifs is 1. The SMILES string of the molecule is [B]c1ccc2c(Cl)nncc2c1. The Morgan fingerprint density at radius 2 is 2.17 bits per heavy atom. The van der Waals surface area contributed by atoms with Crippen LogP contribution in [0, 0.1) is 0 Å². The van der Waals surface area contributed by atoms with Gasteiger partial charge < -0.3 is 0 Å². The second kappa shape index (κ2) is 2.75. The molecule has 0 aliphatic heterocycles. The van der Waals surface area contributed by atoms with E-state index in [1.807, 2.05) is 12.1 Å². The van der Waals surface area contributed by atoms with Crippen molar-refractivity contribution in [1.29, 1.82) is 0 Å². The summed E-state index contributed by atoms with van der Waals surface area (Å²) >= 11 is 5.79. The second-order valence-corrected chi connectivity index (χ2v) is 2.84. The highest BCUT2D eigenvalue weighted by atomic mass is 35.5. The highest BCUT2D eigenvalue weighted by molar-refractivity contribution is 6.36. The van der Waals surface area contributed by atoms with Crippen LogP contribution in [0.15, 0.2) is 24.4 Å². The lowest BCUT2D eigenvalue weighted by molar-refractivity contribution is 1.05. The van der Waals surface area contributed by atoms with E-state index in [2.05, 4.69) is 10.2 Å². The van der Waals surface area contributed by atoms with Crippen LogP contribution in [0.1, 0.15) is 0 Å². The number of halogens is 1. The predicted molar refractivity (Wildman–Crippen MR) is 49.9 cm³/mol. The van der Waals surface area contributed by atoms with Crippen molar-refractivity contribution in [2.45, 2.75) is 0 Å². The highest BCUT2D eigenvalue weighted by Crippen LogP contribution is 2.17. The van der Waals surface area contributed by atoms with Gasteiger partial charge in [0.05, 0.1) is 6.20 Å². The average Bonchev–Trinajstić information content (AvgIpc) is 2.04. The Hall–Kier alpha value is -1.09. The summed E-state index contributed by atoms with van der Waals surface area (Å²) in [5.74, 6) is 0. The van der Waals surface area contributed by atoms with E-state index in [-0.39, 0.29) is 0 Å². The maximum atomic E-state index is 5.79. The van der Waals surface area contributed by atoms with E-state index < -0.39 is 0 Å². The standard InChI is InChI=1S/C8H4BClN2/c9-6-1-2-7-5(3-6)4-11-12-8(7)10/h1-4H. The van der Waals surface area contributed by atoms with Crippen LogP contribution in [0.2, 0.25) is 5.15 Å². The van der Waals surface area contributed by atoms with Gasteiger partial charge in [0.2, 0.25) is 0 Å². The monoisotopic (exact) mass is 174 g/mol. The largest absolute Gasteiger partial charge is 0.159 e. The first-order chi connectivity index (χ1) is 5.77. The van der Waals surface area contributed by atoms with Gasteiger partial charge in [-0.2, -0.15) is 5.10 Å². The molecule has 1 heterocycles. The number of aromatic nitrogens is 2.